The van der Waals surface area contributed by atoms with Gasteiger partial charge in [0.25, 0.3) is 0 Å². The second-order valence-corrected chi connectivity index (χ2v) is 2.83. The molecule has 2 aromatic rings. The number of nitrogens with zero attached hydrogens (tertiary/aromatic N) is 2. The lowest BCUT2D eigenvalue weighted by atomic mass is 10.2. The number of aromatic hydroxyl groups is 1. The zero-order valence-corrected chi connectivity index (χ0v) is 7.71. The van der Waals surface area contributed by atoms with Gasteiger partial charge in [-0.2, -0.15) is 0 Å². The molecule has 0 saturated carbocycles. The van der Waals surface area contributed by atoms with Crippen molar-refractivity contribution in [3.63, 3.8) is 0 Å². The van der Waals surface area contributed by atoms with E-state index in [1.807, 2.05) is 10.8 Å². The highest BCUT2D eigenvalue weighted by Crippen LogP contribution is 2.26. The molecule has 4 nitrogen and oxygen atoms in total. The van der Waals surface area contributed by atoms with Crippen LogP contribution in [0.3, 0.4) is 0 Å². The standard InChI is InChI=1S/C10H10N2O2/c1-14-10-6-8(13)2-3-9(10)12-5-4-11-7-12/h2-7,13H,1H3. The SMILES string of the molecule is COc1cc(O)ccc1-n1ccnc1. The van der Waals surface area contributed by atoms with Crippen LogP contribution in [0.15, 0.2) is 36.9 Å². The largest absolute Gasteiger partial charge is 0.508 e. The lowest BCUT2D eigenvalue weighted by molar-refractivity contribution is 0.406. The van der Waals surface area contributed by atoms with Gasteiger partial charge >= 0.3 is 0 Å². The topological polar surface area (TPSA) is 47.3 Å². The van der Waals surface area contributed by atoms with Gasteiger partial charge in [0, 0.05) is 18.5 Å². The average Bonchev–Trinajstić information content (AvgIpc) is 2.70. The van der Waals surface area contributed by atoms with Crippen molar-refractivity contribution in [2.24, 2.45) is 0 Å². The maximum Gasteiger partial charge on any atom is 0.146 e. The zero-order valence-electron chi connectivity index (χ0n) is 7.71. The van der Waals surface area contributed by atoms with Gasteiger partial charge in [0.05, 0.1) is 19.1 Å². The molecule has 0 atom stereocenters. The lowest BCUT2D eigenvalue weighted by Gasteiger charge is -2.08. The van der Waals surface area contributed by atoms with Crippen molar-refractivity contribution >= 4 is 0 Å². The fourth-order valence-electron chi connectivity index (χ4n) is 1.28. The number of rotatable bonds is 2. The van der Waals surface area contributed by atoms with E-state index in [1.165, 1.54) is 0 Å². The minimum Gasteiger partial charge on any atom is -0.508 e. The first-order valence-electron chi connectivity index (χ1n) is 4.16. The van der Waals surface area contributed by atoms with Crippen molar-refractivity contribution in [2.45, 2.75) is 0 Å². The van der Waals surface area contributed by atoms with Gasteiger partial charge in [-0.1, -0.05) is 0 Å². The van der Waals surface area contributed by atoms with Gasteiger partial charge in [-0.05, 0) is 12.1 Å². The Morgan fingerprint density at radius 1 is 1.43 bits per heavy atom. The molecular formula is C10H10N2O2. The smallest absolute Gasteiger partial charge is 0.146 e. The van der Waals surface area contributed by atoms with Crippen LogP contribution in [-0.4, -0.2) is 21.8 Å². The highest BCUT2D eigenvalue weighted by molar-refractivity contribution is 5.50. The van der Waals surface area contributed by atoms with Gasteiger partial charge in [-0.25, -0.2) is 4.98 Å². The number of ether oxygens (including phenoxy) is 1. The van der Waals surface area contributed by atoms with Gasteiger partial charge in [-0.3, -0.25) is 0 Å². The molecule has 0 unspecified atom stereocenters. The molecule has 0 aliphatic carbocycles. The summed E-state index contributed by atoms with van der Waals surface area (Å²) >= 11 is 0. The Hall–Kier alpha value is -1.97. The molecule has 1 N–H and O–H groups in total. The Morgan fingerprint density at radius 2 is 2.29 bits per heavy atom. The quantitative estimate of drug-likeness (QED) is 0.782. The summed E-state index contributed by atoms with van der Waals surface area (Å²) in [6, 6.07) is 4.95. The maximum absolute atomic E-state index is 9.26. The minimum absolute atomic E-state index is 0.186. The highest BCUT2D eigenvalue weighted by Gasteiger charge is 2.04. The first kappa shape index (κ1) is 8.62. The van der Waals surface area contributed by atoms with E-state index in [9.17, 15) is 5.11 Å². The molecule has 0 spiro atoms. The number of methoxy groups -OCH3 is 1. The Balaban J connectivity index is 2.53. The molecular weight excluding hydrogens is 180 g/mol. The van der Waals surface area contributed by atoms with E-state index in [0.717, 1.165) is 5.69 Å². The first-order chi connectivity index (χ1) is 6.81. The number of benzene rings is 1. The molecule has 0 saturated heterocycles. The zero-order chi connectivity index (χ0) is 9.97. The maximum atomic E-state index is 9.26. The van der Waals surface area contributed by atoms with Crippen molar-refractivity contribution in [3.8, 4) is 17.2 Å². The molecule has 0 aliphatic rings. The molecule has 0 fully saturated rings. The van der Waals surface area contributed by atoms with Gasteiger partial charge in [0.2, 0.25) is 0 Å². The van der Waals surface area contributed by atoms with E-state index in [-0.39, 0.29) is 5.75 Å². The van der Waals surface area contributed by atoms with Crippen molar-refractivity contribution in [2.75, 3.05) is 7.11 Å². The third-order valence-electron chi connectivity index (χ3n) is 1.95. The van der Waals surface area contributed by atoms with Crippen LogP contribution >= 0.6 is 0 Å². The summed E-state index contributed by atoms with van der Waals surface area (Å²) in [6.07, 6.45) is 5.18. The number of phenolic OH excluding ortho intramolecular Hbond substituents is 1. The predicted octanol–water partition coefficient (Wildman–Crippen LogP) is 1.59. The van der Waals surface area contributed by atoms with Crippen molar-refractivity contribution < 1.29 is 9.84 Å². The van der Waals surface area contributed by atoms with E-state index >= 15 is 0 Å². The fraction of sp³-hybridized carbons (Fsp3) is 0.100. The third-order valence-corrected chi connectivity index (χ3v) is 1.95. The summed E-state index contributed by atoms with van der Waals surface area (Å²) in [7, 11) is 1.56. The molecule has 72 valence electrons. The summed E-state index contributed by atoms with van der Waals surface area (Å²) in [5.41, 5.74) is 0.850. The second kappa shape index (κ2) is 3.41. The van der Waals surface area contributed by atoms with Crippen LogP contribution in [0.2, 0.25) is 0 Å². The van der Waals surface area contributed by atoms with Crippen LogP contribution in [-0.2, 0) is 0 Å². The molecule has 14 heavy (non-hydrogen) atoms. The summed E-state index contributed by atoms with van der Waals surface area (Å²) < 4.78 is 6.96. The highest BCUT2D eigenvalue weighted by atomic mass is 16.5. The third kappa shape index (κ3) is 1.42. The van der Waals surface area contributed by atoms with Crippen LogP contribution < -0.4 is 4.74 Å². The molecule has 4 heteroatoms. The van der Waals surface area contributed by atoms with Gasteiger partial charge in [0.1, 0.15) is 11.5 Å². The normalized spacial score (nSPS) is 10.1. The van der Waals surface area contributed by atoms with Crippen LogP contribution in [0.5, 0.6) is 11.5 Å². The lowest BCUT2D eigenvalue weighted by Crippen LogP contribution is -1.94. The minimum atomic E-state index is 0.186. The van der Waals surface area contributed by atoms with E-state index < -0.39 is 0 Å². The fourth-order valence-corrected chi connectivity index (χ4v) is 1.28. The molecule has 1 heterocycles. The van der Waals surface area contributed by atoms with Crippen molar-refractivity contribution in [3.05, 3.63) is 36.9 Å². The van der Waals surface area contributed by atoms with E-state index in [0.29, 0.717) is 5.75 Å². The molecule has 1 aromatic carbocycles. The number of imidazole rings is 1. The van der Waals surface area contributed by atoms with E-state index in [4.69, 9.17) is 4.74 Å². The van der Waals surface area contributed by atoms with Crippen LogP contribution in [0, 0.1) is 0 Å². The van der Waals surface area contributed by atoms with Crippen LogP contribution in [0.4, 0.5) is 0 Å². The first-order valence-corrected chi connectivity index (χ1v) is 4.16. The second-order valence-electron chi connectivity index (χ2n) is 2.83. The monoisotopic (exact) mass is 190 g/mol. The number of hydrogen-bond acceptors (Lipinski definition) is 3. The summed E-state index contributed by atoms with van der Waals surface area (Å²) in [5, 5.41) is 9.26. The number of hydrogen-bond donors (Lipinski definition) is 1. The molecule has 0 aliphatic heterocycles. The molecule has 2 rings (SSSR count). The summed E-state index contributed by atoms with van der Waals surface area (Å²) in [4.78, 5) is 3.94. The Morgan fingerprint density at radius 3 is 2.93 bits per heavy atom. The molecule has 1 aromatic heterocycles. The number of phenols is 1. The average molecular weight is 190 g/mol. The van der Waals surface area contributed by atoms with Crippen LogP contribution in [0.25, 0.3) is 5.69 Å². The van der Waals surface area contributed by atoms with Gasteiger partial charge < -0.3 is 14.4 Å². The van der Waals surface area contributed by atoms with E-state index in [2.05, 4.69) is 4.98 Å². The van der Waals surface area contributed by atoms with Crippen molar-refractivity contribution in [1.29, 1.82) is 0 Å². The Labute approximate surface area is 81.4 Å². The van der Waals surface area contributed by atoms with Gasteiger partial charge in [0.15, 0.2) is 0 Å². The molecule has 0 radical (unpaired) electrons. The predicted molar refractivity (Wildman–Crippen MR) is 51.8 cm³/mol. The summed E-state index contributed by atoms with van der Waals surface area (Å²) in [6.45, 7) is 0. The van der Waals surface area contributed by atoms with E-state index in [1.54, 1.807) is 37.8 Å². The van der Waals surface area contributed by atoms with Crippen molar-refractivity contribution in [1.82, 2.24) is 9.55 Å². The van der Waals surface area contributed by atoms with Gasteiger partial charge in [-0.15, -0.1) is 0 Å². The molecule has 0 bridgehead atoms. The molecule has 0 amide bonds. The summed E-state index contributed by atoms with van der Waals surface area (Å²) in [5.74, 6) is 0.800. The Kier molecular flexibility index (Phi) is 2.10. The Bertz CT molecular complexity index is 424. The number of aromatic nitrogens is 2. The van der Waals surface area contributed by atoms with Crippen LogP contribution in [0.1, 0.15) is 0 Å².